The summed E-state index contributed by atoms with van der Waals surface area (Å²) in [6.07, 6.45) is 2.62. The van der Waals surface area contributed by atoms with E-state index in [-0.39, 0.29) is 23.6 Å². The molecule has 2 aromatic carbocycles. The van der Waals surface area contributed by atoms with Crippen molar-refractivity contribution in [3.8, 4) is 11.5 Å². The number of rotatable bonds is 5. The third-order valence-electron chi connectivity index (χ3n) is 5.65. The van der Waals surface area contributed by atoms with Crippen LogP contribution in [-0.2, 0) is 23.1 Å². The van der Waals surface area contributed by atoms with Gasteiger partial charge in [0.25, 0.3) is 5.91 Å². The van der Waals surface area contributed by atoms with Gasteiger partial charge in [0.2, 0.25) is 0 Å². The molecule has 0 saturated carbocycles. The molecule has 0 unspecified atom stereocenters. The Morgan fingerprint density at radius 3 is 2.61 bits per heavy atom. The fraction of sp³-hybridized carbons (Fsp3) is 0.360. The molecule has 6 heteroatoms. The predicted molar refractivity (Wildman–Crippen MR) is 120 cm³/mol. The van der Waals surface area contributed by atoms with Crippen molar-refractivity contribution in [2.45, 2.75) is 45.4 Å². The summed E-state index contributed by atoms with van der Waals surface area (Å²) in [6.45, 7) is 6.15. The normalized spacial score (nSPS) is 13.2. The van der Waals surface area contributed by atoms with Crippen LogP contribution in [0.4, 0.5) is 5.69 Å². The predicted octanol–water partition coefficient (Wildman–Crippen LogP) is 4.61. The molecule has 1 aromatic heterocycles. The summed E-state index contributed by atoms with van der Waals surface area (Å²) in [4.78, 5) is 24.7. The first-order chi connectivity index (χ1) is 14.8. The van der Waals surface area contributed by atoms with Gasteiger partial charge in [-0.3, -0.25) is 4.79 Å². The Hall–Kier alpha value is -3.28. The van der Waals surface area contributed by atoms with E-state index in [1.54, 1.807) is 19.2 Å². The van der Waals surface area contributed by atoms with E-state index in [4.69, 9.17) is 13.9 Å². The van der Waals surface area contributed by atoms with Crippen molar-refractivity contribution in [1.29, 1.82) is 0 Å². The van der Waals surface area contributed by atoms with Crippen molar-refractivity contribution in [2.24, 2.45) is 0 Å². The molecular formula is C25H27NO5. The van der Waals surface area contributed by atoms with Gasteiger partial charge in [0.05, 0.1) is 12.8 Å². The Morgan fingerprint density at radius 1 is 1.10 bits per heavy atom. The van der Waals surface area contributed by atoms with Crippen LogP contribution in [0.2, 0.25) is 0 Å². The minimum Gasteiger partial charge on any atom is -0.495 e. The zero-order chi connectivity index (χ0) is 22.2. The van der Waals surface area contributed by atoms with Crippen LogP contribution in [0.15, 0.2) is 45.6 Å². The maximum Gasteiger partial charge on any atom is 0.339 e. The van der Waals surface area contributed by atoms with Gasteiger partial charge < -0.3 is 19.2 Å². The van der Waals surface area contributed by atoms with Crippen molar-refractivity contribution in [3.05, 3.63) is 63.5 Å². The fourth-order valence-electron chi connectivity index (χ4n) is 3.96. The van der Waals surface area contributed by atoms with Crippen molar-refractivity contribution in [1.82, 2.24) is 0 Å². The van der Waals surface area contributed by atoms with E-state index < -0.39 is 0 Å². The van der Waals surface area contributed by atoms with Gasteiger partial charge in [-0.1, -0.05) is 26.8 Å². The first-order valence-electron chi connectivity index (χ1n) is 10.5. The molecule has 1 N–H and O–H groups in total. The number of aryl methyl sites for hydroxylation is 1. The van der Waals surface area contributed by atoms with Gasteiger partial charge in [-0.05, 0) is 60.1 Å². The molecule has 0 radical (unpaired) electrons. The molecule has 0 atom stereocenters. The molecule has 0 fully saturated rings. The smallest absolute Gasteiger partial charge is 0.339 e. The number of fused-ring (bicyclic) bond motifs is 3. The number of carbonyl (C=O) groups excluding carboxylic acids is 1. The standard InChI is InChI=1S/C25H27NO5/c1-25(2,3)15-8-11-21(29-4)20(12-15)26-23(27)14-30-16-9-10-18-17-6-5-7-19(17)24(28)31-22(18)13-16/h8-13H,5-7,14H2,1-4H3,(H,26,27). The van der Waals surface area contributed by atoms with E-state index in [9.17, 15) is 9.59 Å². The summed E-state index contributed by atoms with van der Waals surface area (Å²) >= 11 is 0. The molecule has 3 aromatic rings. The molecule has 0 aliphatic heterocycles. The Balaban J connectivity index is 1.49. The molecular weight excluding hydrogens is 394 g/mol. The van der Waals surface area contributed by atoms with Gasteiger partial charge in [-0.25, -0.2) is 4.79 Å². The Bertz CT molecular complexity index is 1200. The lowest BCUT2D eigenvalue weighted by molar-refractivity contribution is -0.118. The highest BCUT2D eigenvalue weighted by atomic mass is 16.5. The van der Waals surface area contributed by atoms with E-state index in [2.05, 4.69) is 26.1 Å². The van der Waals surface area contributed by atoms with Crippen LogP contribution in [-0.4, -0.2) is 19.6 Å². The maximum absolute atomic E-state index is 12.5. The molecule has 0 bridgehead atoms. The summed E-state index contributed by atoms with van der Waals surface area (Å²) in [5.74, 6) is 0.752. The number of hydrogen-bond acceptors (Lipinski definition) is 5. The van der Waals surface area contributed by atoms with Crippen LogP contribution in [0.5, 0.6) is 11.5 Å². The second-order valence-corrected chi connectivity index (χ2v) is 8.86. The average Bonchev–Trinajstić information content (AvgIpc) is 3.22. The third kappa shape index (κ3) is 4.29. The number of benzene rings is 2. The lowest BCUT2D eigenvalue weighted by atomic mass is 9.87. The summed E-state index contributed by atoms with van der Waals surface area (Å²) in [5.41, 5.74) is 3.69. The minimum atomic E-state index is -0.306. The van der Waals surface area contributed by atoms with E-state index in [1.807, 2.05) is 24.3 Å². The van der Waals surface area contributed by atoms with Crippen LogP contribution in [0.25, 0.3) is 11.0 Å². The van der Waals surface area contributed by atoms with E-state index >= 15 is 0 Å². The molecule has 1 aliphatic carbocycles. The van der Waals surface area contributed by atoms with Gasteiger partial charge in [-0.2, -0.15) is 0 Å². The van der Waals surface area contributed by atoms with Gasteiger partial charge in [0.1, 0.15) is 17.1 Å². The SMILES string of the molecule is COc1ccc(C(C)(C)C)cc1NC(=O)COc1ccc2c3c(c(=O)oc2c1)CCC3. The molecule has 0 saturated heterocycles. The van der Waals surface area contributed by atoms with Crippen molar-refractivity contribution in [3.63, 3.8) is 0 Å². The van der Waals surface area contributed by atoms with Crippen LogP contribution < -0.4 is 20.4 Å². The minimum absolute atomic E-state index is 0.0581. The number of hydrogen-bond donors (Lipinski definition) is 1. The molecule has 162 valence electrons. The van der Waals surface area contributed by atoms with Crippen LogP contribution >= 0.6 is 0 Å². The third-order valence-corrected chi connectivity index (χ3v) is 5.65. The Morgan fingerprint density at radius 2 is 1.87 bits per heavy atom. The second-order valence-electron chi connectivity index (χ2n) is 8.86. The van der Waals surface area contributed by atoms with Crippen molar-refractivity contribution in [2.75, 3.05) is 19.0 Å². The number of nitrogens with one attached hydrogen (secondary N) is 1. The van der Waals surface area contributed by atoms with E-state index in [0.29, 0.717) is 22.8 Å². The Labute approximate surface area is 181 Å². The van der Waals surface area contributed by atoms with Gasteiger partial charge in [0.15, 0.2) is 6.61 Å². The molecule has 6 nitrogen and oxygen atoms in total. The van der Waals surface area contributed by atoms with Crippen molar-refractivity contribution < 1.29 is 18.7 Å². The molecule has 0 spiro atoms. The quantitative estimate of drug-likeness (QED) is 0.609. The number of anilines is 1. The highest BCUT2D eigenvalue weighted by molar-refractivity contribution is 5.93. The highest BCUT2D eigenvalue weighted by Gasteiger charge is 2.20. The molecule has 1 heterocycles. The van der Waals surface area contributed by atoms with E-state index in [0.717, 1.165) is 41.3 Å². The monoisotopic (exact) mass is 421 g/mol. The zero-order valence-corrected chi connectivity index (χ0v) is 18.3. The number of carbonyl (C=O) groups is 1. The van der Waals surface area contributed by atoms with Crippen LogP contribution in [0.3, 0.4) is 0 Å². The van der Waals surface area contributed by atoms with Gasteiger partial charge in [0, 0.05) is 17.0 Å². The van der Waals surface area contributed by atoms with Crippen molar-refractivity contribution >= 4 is 22.6 Å². The lowest BCUT2D eigenvalue weighted by Gasteiger charge is -2.21. The first kappa shape index (κ1) is 21.0. The zero-order valence-electron chi connectivity index (χ0n) is 18.3. The largest absolute Gasteiger partial charge is 0.495 e. The summed E-state index contributed by atoms with van der Waals surface area (Å²) in [5, 5.41) is 3.80. The van der Waals surface area contributed by atoms with E-state index in [1.165, 1.54) is 0 Å². The van der Waals surface area contributed by atoms with Crippen LogP contribution in [0.1, 0.15) is 43.9 Å². The second kappa shape index (κ2) is 8.10. The summed E-state index contributed by atoms with van der Waals surface area (Å²) in [6, 6.07) is 11.1. The molecule has 1 aliphatic rings. The van der Waals surface area contributed by atoms with Crippen LogP contribution in [0, 0.1) is 0 Å². The maximum atomic E-state index is 12.5. The summed E-state index contributed by atoms with van der Waals surface area (Å²) < 4.78 is 16.5. The number of methoxy groups -OCH3 is 1. The molecule has 31 heavy (non-hydrogen) atoms. The van der Waals surface area contributed by atoms with Gasteiger partial charge >= 0.3 is 5.63 Å². The lowest BCUT2D eigenvalue weighted by Crippen LogP contribution is -2.21. The van der Waals surface area contributed by atoms with Gasteiger partial charge in [-0.15, -0.1) is 0 Å². The molecule has 4 rings (SSSR count). The topological polar surface area (TPSA) is 77.8 Å². The molecule has 1 amide bonds. The first-order valence-corrected chi connectivity index (χ1v) is 10.5. The average molecular weight is 421 g/mol. The fourth-order valence-corrected chi connectivity index (χ4v) is 3.96. The number of amides is 1. The Kier molecular flexibility index (Phi) is 5.48. The number of ether oxygens (including phenoxy) is 2. The highest BCUT2D eigenvalue weighted by Crippen LogP contribution is 2.32. The summed E-state index contributed by atoms with van der Waals surface area (Å²) in [7, 11) is 1.57.